The van der Waals surface area contributed by atoms with Crippen molar-refractivity contribution in [2.75, 3.05) is 6.54 Å². The summed E-state index contributed by atoms with van der Waals surface area (Å²) < 4.78 is 0. The van der Waals surface area contributed by atoms with E-state index in [0.717, 1.165) is 12.5 Å². The summed E-state index contributed by atoms with van der Waals surface area (Å²) in [5.41, 5.74) is 1.35. The molecule has 0 radical (unpaired) electrons. The van der Waals surface area contributed by atoms with Crippen LogP contribution in [0.5, 0.6) is 0 Å². The van der Waals surface area contributed by atoms with Crippen LogP contribution in [0.3, 0.4) is 0 Å². The van der Waals surface area contributed by atoms with Gasteiger partial charge in [0.25, 0.3) is 0 Å². The fourth-order valence-corrected chi connectivity index (χ4v) is 3.29. The second-order valence-corrected chi connectivity index (χ2v) is 7.56. The number of thiazole rings is 1. The van der Waals surface area contributed by atoms with E-state index in [1.165, 1.54) is 28.4 Å². The van der Waals surface area contributed by atoms with E-state index in [-0.39, 0.29) is 5.41 Å². The monoisotopic (exact) mass is 282 g/mol. The average molecular weight is 282 g/mol. The van der Waals surface area contributed by atoms with E-state index in [1.54, 1.807) is 0 Å². The molecule has 0 spiro atoms. The molecule has 0 aliphatic carbocycles. The Bertz CT molecular complexity index is 386. The summed E-state index contributed by atoms with van der Waals surface area (Å²) in [4.78, 5) is 6.15. The SMILES string of the molecule is CCC(CC)CNC(C)c1sc(C(C)(C)C)nc1C. The summed E-state index contributed by atoms with van der Waals surface area (Å²) in [6.07, 6.45) is 2.51. The largest absolute Gasteiger partial charge is 0.309 e. The molecular weight excluding hydrogens is 252 g/mol. The van der Waals surface area contributed by atoms with Crippen LogP contribution in [0.25, 0.3) is 0 Å². The maximum Gasteiger partial charge on any atom is 0.0985 e. The number of rotatable bonds is 6. The molecule has 0 aliphatic rings. The van der Waals surface area contributed by atoms with Gasteiger partial charge in [-0.05, 0) is 26.3 Å². The van der Waals surface area contributed by atoms with Gasteiger partial charge in [0.15, 0.2) is 0 Å². The van der Waals surface area contributed by atoms with E-state index in [2.05, 4.69) is 53.8 Å². The lowest BCUT2D eigenvalue weighted by molar-refractivity contribution is 0.424. The van der Waals surface area contributed by atoms with Crippen LogP contribution in [-0.2, 0) is 5.41 Å². The quantitative estimate of drug-likeness (QED) is 0.808. The second kappa shape index (κ2) is 6.85. The summed E-state index contributed by atoms with van der Waals surface area (Å²) >= 11 is 1.87. The first-order valence-corrected chi connectivity index (χ1v) is 8.32. The molecule has 0 fully saturated rings. The summed E-state index contributed by atoms with van der Waals surface area (Å²) in [7, 11) is 0. The van der Waals surface area contributed by atoms with Gasteiger partial charge in [-0.3, -0.25) is 0 Å². The van der Waals surface area contributed by atoms with Gasteiger partial charge in [0.2, 0.25) is 0 Å². The number of nitrogens with one attached hydrogen (secondary N) is 1. The van der Waals surface area contributed by atoms with Gasteiger partial charge in [0.05, 0.1) is 10.7 Å². The van der Waals surface area contributed by atoms with E-state index in [9.17, 15) is 0 Å². The van der Waals surface area contributed by atoms with Crippen molar-refractivity contribution in [2.24, 2.45) is 5.92 Å². The predicted octanol–water partition coefficient (Wildman–Crippen LogP) is 4.84. The third kappa shape index (κ3) is 4.57. The summed E-state index contributed by atoms with van der Waals surface area (Å²) in [5.74, 6) is 0.790. The number of hydrogen-bond acceptors (Lipinski definition) is 3. The lowest BCUT2D eigenvalue weighted by Gasteiger charge is -2.18. The Morgan fingerprint density at radius 2 is 1.79 bits per heavy atom. The zero-order valence-corrected chi connectivity index (χ0v) is 14.4. The van der Waals surface area contributed by atoms with Gasteiger partial charge in [-0.2, -0.15) is 0 Å². The van der Waals surface area contributed by atoms with Crippen LogP contribution in [0.2, 0.25) is 0 Å². The molecule has 19 heavy (non-hydrogen) atoms. The van der Waals surface area contributed by atoms with Crippen molar-refractivity contribution in [2.45, 2.75) is 72.8 Å². The summed E-state index contributed by atoms with van der Waals surface area (Å²) in [6.45, 7) is 16.8. The van der Waals surface area contributed by atoms with Gasteiger partial charge in [-0.25, -0.2) is 4.98 Å². The molecule has 3 heteroatoms. The predicted molar refractivity (Wildman–Crippen MR) is 86.0 cm³/mol. The molecule has 0 aliphatic heterocycles. The normalized spacial score (nSPS) is 14.1. The van der Waals surface area contributed by atoms with Crippen molar-refractivity contribution >= 4 is 11.3 Å². The molecule has 1 aromatic heterocycles. The van der Waals surface area contributed by atoms with Crippen LogP contribution in [0.4, 0.5) is 0 Å². The molecule has 1 rings (SSSR count). The number of aryl methyl sites for hydroxylation is 1. The maximum atomic E-state index is 4.75. The van der Waals surface area contributed by atoms with Crippen LogP contribution < -0.4 is 5.32 Å². The van der Waals surface area contributed by atoms with Gasteiger partial charge >= 0.3 is 0 Å². The van der Waals surface area contributed by atoms with Crippen LogP contribution in [0, 0.1) is 12.8 Å². The standard InChI is InChI=1S/C16H30N2S/c1-8-13(9-2)10-17-11(3)14-12(4)18-15(19-14)16(5,6)7/h11,13,17H,8-10H2,1-7H3. The van der Waals surface area contributed by atoms with Crippen molar-refractivity contribution < 1.29 is 0 Å². The summed E-state index contributed by atoms with van der Waals surface area (Å²) in [5, 5.41) is 4.92. The molecule has 1 unspecified atom stereocenters. The van der Waals surface area contributed by atoms with E-state index >= 15 is 0 Å². The minimum absolute atomic E-state index is 0.156. The number of nitrogens with zero attached hydrogens (tertiary/aromatic N) is 1. The fourth-order valence-electron chi connectivity index (χ4n) is 2.14. The number of aromatic nitrogens is 1. The Hall–Kier alpha value is -0.410. The third-order valence-electron chi connectivity index (χ3n) is 3.73. The van der Waals surface area contributed by atoms with Crippen molar-refractivity contribution in [3.05, 3.63) is 15.6 Å². The molecule has 1 aromatic rings. The Morgan fingerprint density at radius 3 is 2.21 bits per heavy atom. The molecule has 0 saturated carbocycles. The van der Waals surface area contributed by atoms with Crippen LogP contribution in [0.1, 0.15) is 76.0 Å². The van der Waals surface area contributed by atoms with Crippen LogP contribution in [-0.4, -0.2) is 11.5 Å². The molecule has 0 amide bonds. The molecule has 1 heterocycles. The molecule has 110 valence electrons. The zero-order chi connectivity index (χ0) is 14.6. The Labute approximate surface area is 123 Å². The molecule has 2 nitrogen and oxygen atoms in total. The Balaban J connectivity index is 2.72. The summed E-state index contributed by atoms with van der Waals surface area (Å²) in [6, 6.07) is 0.411. The lowest BCUT2D eigenvalue weighted by atomic mass is 9.98. The Morgan fingerprint density at radius 1 is 1.21 bits per heavy atom. The van der Waals surface area contributed by atoms with Gasteiger partial charge in [0, 0.05) is 16.3 Å². The molecule has 1 atom stereocenters. The highest BCUT2D eigenvalue weighted by Gasteiger charge is 2.22. The first-order valence-electron chi connectivity index (χ1n) is 7.50. The van der Waals surface area contributed by atoms with E-state index in [0.29, 0.717) is 6.04 Å². The maximum absolute atomic E-state index is 4.75. The van der Waals surface area contributed by atoms with Crippen molar-refractivity contribution in [1.82, 2.24) is 10.3 Å². The van der Waals surface area contributed by atoms with Gasteiger partial charge in [-0.15, -0.1) is 11.3 Å². The van der Waals surface area contributed by atoms with Crippen LogP contribution >= 0.6 is 11.3 Å². The lowest BCUT2D eigenvalue weighted by Crippen LogP contribution is -2.25. The first kappa shape index (κ1) is 16.6. The molecule has 0 bridgehead atoms. The molecule has 1 N–H and O–H groups in total. The zero-order valence-electron chi connectivity index (χ0n) is 13.6. The van der Waals surface area contributed by atoms with Crippen molar-refractivity contribution in [3.63, 3.8) is 0 Å². The second-order valence-electron chi connectivity index (χ2n) is 6.53. The van der Waals surface area contributed by atoms with Gasteiger partial charge in [0.1, 0.15) is 0 Å². The number of hydrogen-bond donors (Lipinski definition) is 1. The van der Waals surface area contributed by atoms with Crippen molar-refractivity contribution in [3.8, 4) is 0 Å². The van der Waals surface area contributed by atoms with Gasteiger partial charge < -0.3 is 5.32 Å². The topological polar surface area (TPSA) is 24.9 Å². The highest BCUT2D eigenvalue weighted by atomic mass is 32.1. The van der Waals surface area contributed by atoms with E-state index in [1.807, 2.05) is 11.3 Å². The van der Waals surface area contributed by atoms with Gasteiger partial charge in [-0.1, -0.05) is 47.5 Å². The minimum Gasteiger partial charge on any atom is -0.309 e. The highest BCUT2D eigenvalue weighted by molar-refractivity contribution is 7.12. The molecule has 0 saturated heterocycles. The fraction of sp³-hybridized carbons (Fsp3) is 0.812. The third-order valence-corrected chi connectivity index (χ3v) is 5.50. The first-order chi connectivity index (χ1) is 8.79. The van der Waals surface area contributed by atoms with E-state index < -0.39 is 0 Å². The van der Waals surface area contributed by atoms with Crippen LogP contribution in [0.15, 0.2) is 0 Å². The Kier molecular flexibility index (Phi) is 6.00. The average Bonchev–Trinajstić information content (AvgIpc) is 2.72. The van der Waals surface area contributed by atoms with E-state index in [4.69, 9.17) is 4.98 Å². The smallest absolute Gasteiger partial charge is 0.0985 e. The van der Waals surface area contributed by atoms with Crippen molar-refractivity contribution in [1.29, 1.82) is 0 Å². The minimum atomic E-state index is 0.156. The molecule has 0 aromatic carbocycles. The molecular formula is C16H30N2S. The highest BCUT2D eigenvalue weighted by Crippen LogP contribution is 2.32.